The molecular weight excluding hydrogens is 276 g/mol. The first-order valence-corrected chi connectivity index (χ1v) is 9.10. The van der Waals surface area contributed by atoms with Gasteiger partial charge in [0.05, 0.1) is 6.10 Å². The molecule has 0 bridgehead atoms. The lowest BCUT2D eigenvalue weighted by atomic mass is 9.87. The molecule has 0 N–H and O–H groups in total. The minimum Gasteiger partial charge on any atom is -0.368 e. The first-order chi connectivity index (χ1) is 10.5. The predicted molar refractivity (Wildman–Crippen MR) is 89.8 cm³/mol. The summed E-state index contributed by atoms with van der Waals surface area (Å²) in [5, 5.41) is 0. The van der Waals surface area contributed by atoms with Gasteiger partial charge in [-0.25, -0.2) is 0 Å². The third kappa shape index (κ3) is 4.95. The predicted octanol–water partition coefficient (Wildman–Crippen LogP) is 2.77. The van der Waals surface area contributed by atoms with Crippen molar-refractivity contribution >= 4 is 5.91 Å². The van der Waals surface area contributed by atoms with Crippen molar-refractivity contribution in [3.05, 3.63) is 0 Å². The van der Waals surface area contributed by atoms with Crippen molar-refractivity contribution in [1.29, 1.82) is 0 Å². The Kier molecular flexibility index (Phi) is 6.69. The molecule has 2 aliphatic heterocycles. The van der Waals surface area contributed by atoms with Crippen LogP contribution in [0.2, 0.25) is 0 Å². The van der Waals surface area contributed by atoms with Gasteiger partial charge < -0.3 is 14.5 Å². The number of amides is 1. The molecule has 2 aliphatic rings. The molecule has 0 unspecified atom stereocenters. The summed E-state index contributed by atoms with van der Waals surface area (Å²) in [5.74, 6) is 1.71. The van der Waals surface area contributed by atoms with Crippen molar-refractivity contribution in [3.63, 3.8) is 0 Å². The molecule has 0 atom stereocenters. The lowest BCUT2D eigenvalue weighted by Gasteiger charge is -2.36. The van der Waals surface area contributed by atoms with E-state index in [0.717, 1.165) is 63.7 Å². The van der Waals surface area contributed by atoms with Gasteiger partial charge in [0.15, 0.2) is 0 Å². The Balaban J connectivity index is 1.64. The van der Waals surface area contributed by atoms with Crippen LogP contribution in [0.3, 0.4) is 0 Å². The van der Waals surface area contributed by atoms with Gasteiger partial charge in [-0.15, -0.1) is 0 Å². The summed E-state index contributed by atoms with van der Waals surface area (Å²) in [7, 11) is 0. The Morgan fingerprint density at radius 3 is 2.09 bits per heavy atom. The van der Waals surface area contributed by atoms with Crippen LogP contribution in [0, 0.1) is 11.8 Å². The largest absolute Gasteiger partial charge is 0.368 e. The van der Waals surface area contributed by atoms with Gasteiger partial charge in [-0.1, -0.05) is 13.8 Å². The molecule has 2 rings (SSSR count). The third-order valence-electron chi connectivity index (χ3n) is 5.48. The molecule has 0 saturated carbocycles. The molecule has 0 radical (unpaired) electrons. The lowest BCUT2D eigenvalue weighted by Crippen LogP contribution is -2.44. The summed E-state index contributed by atoms with van der Waals surface area (Å²) in [5.41, 5.74) is 0. The second-order valence-corrected chi connectivity index (χ2v) is 7.60. The highest BCUT2D eigenvalue weighted by Crippen LogP contribution is 2.24. The zero-order valence-electron chi connectivity index (χ0n) is 14.9. The van der Waals surface area contributed by atoms with Crippen molar-refractivity contribution in [2.75, 3.05) is 32.8 Å². The molecule has 4 heteroatoms. The van der Waals surface area contributed by atoms with Crippen molar-refractivity contribution < 1.29 is 9.53 Å². The number of nitrogens with zero attached hydrogens (tertiary/aromatic N) is 2. The monoisotopic (exact) mass is 310 g/mol. The summed E-state index contributed by atoms with van der Waals surface area (Å²) < 4.78 is 5.88. The molecule has 0 aliphatic carbocycles. The summed E-state index contributed by atoms with van der Waals surface area (Å²) in [6.07, 6.45) is 4.68. The van der Waals surface area contributed by atoms with Crippen LogP contribution in [-0.2, 0) is 9.53 Å². The van der Waals surface area contributed by atoms with E-state index < -0.39 is 0 Å². The fourth-order valence-electron chi connectivity index (χ4n) is 3.65. The minimum absolute atomic E-state index is 0.188. The van der Waals surface area contributed by atoms with Gasteiger partial charge in [0.25, 0.3) is 0 Å². The van der Waals surface area contributed by atoms with Crippen LogP contribution < -0.4 is 0 Å². The van der Waals surface area contributed by atoms with Crippen LogP contribution in [0.15, 0.2) is 0 Å². The topological polar surface area (TPSA) is 32.8 Å². The molecule has 4 nitrogen and oxygen atoms in total. The van der Waals surface area contributed by atoms with Crippen LogP contribution in [0.1, 0.15) is 53.4 Å². The van der Waals surface area contributed by atoms with Gasteiger partial charge >= 0.3 is 0 Å². The van der Waals surface area contributed by atoms with Crippen LogP contribution >= 0.6 is 0 Å². The first-order valence-electron chi connectivity index (χ1n) is 9.10. The normalized spacial score (nSPS) is 22.7. The SMILES string of the molecule is CC(C)C1CCN(C(=O)COC2CCN(C(C)C)CC2)CC1. The van der Waals surface area contributed by atoms with Gasteiger partial charge in [0.1, 0.15) is 6.61 Å². The zero-order chi connectivity index (χ0) is 16.1. The number of carbonyl (C=O) groups excluding carboxylic acids is 1. The molecule has 2 fully saturated rings. The van der Waals surface area contributed by atoms with Crippen molar-refractivity contribution in [2.24, 2.45) is 11.8 Å². The van der Waals surface area contributed by atoms with E-state index in [0.29, 0.717) is 6.04 Å². The summed E-state index contributed by atoms with van der Waals surface area (Å²) >= 11 is 0. The molecule has 0 spiro atoms. The molecule has 2 heterocycles. The van der Waals surface area contributed by atoms with E-state index in [1.165, 1.54) is 0 Å². The Morgan fingerprint density at radius 2 is 1.59 bits per heavy atom. The summed E-state index contributed by atoms with van der Waals surface area (Å²) in [4.78, 5) is 16.8. The Bertz CT molecular complexity index is 341. The van der Waals surface area contributed by atoms with E-state index in [1.54, 1.807) is 0 Å². The van der Waals surface area contributed by atoms with E-state index in [4.69, 9.17) is 4.74 Å². The Labute approximate surface area is 136 Å². The number of rotatable bonds is 5. The second-order valence-electron chi connectivity index (χ2n) is 7.60. The highest BCUT2D eigenvalue weighted by molar-refractivity contribution is 5.77. The molecule has 2 saturated heterocycles. The maximum Gasteiger partial charge on any atom is 0.248 e. The highest BCUT2D eigenvalue weighted by atomic mass is 16.5. The average Bonchev–Trinajstić information content (AvgIpc) is 2.53. The van der Waals surface area contributed by atoms with Gasteiger partial charge in [0.2, 0.25) is 5.91 Å². The van der Waals surface area contributed by atoms with Gasteiger partial charge in [-0.05, 0) is 51.4 Å². The van der Waals surface area contributed by atoms with Gasteiger partial charge in [-0.2, -0.15) is 0 Å². The third-order valence-corrected chi connectivity index (χ3v) is 5.48. The fraction of sp³-hybridized carbons (Fsp3) is 0.944. The van der Waals surface area contributed by atoms with Gasteiger partial charge in [0, 0.05) is 32.2 Å². The Morgan fingerprint density at radius 1 is 1.00 bits per heavy atom. The minimum atomic E-state index is 0.188. The van der Waals surface area contributed by atoms with E-state index >= 15 is 0 Å². The number of ether oxygens (including phenoxy) is 1. The van der Waals surface area contributed by atoms with Gasteiger partial charge in [-0.3, -0.25) is 4.79 Å². The number of likely N-dealkylation sites (tertiary alicyclic amines) is 2. The molecule has 22 heavy (non-hydrogen) atoms. The maximum absolute atomic E-state index is 12.3. The number of piperidine rings is 2. The van der Waals surface area contributed by atoms with E-state index in [2.05, 4.69) is 32.6 Å². The van der Waals surface area contributed by atoms with Crippen molar-refractivity contribution in [2.45, 2.75) is 65.5 Å². The maximum atomic E-state index is 12.3. The van der Waals surface area contributed by atoms with Crippen LogP contribution in [0.4, 0.5) is 0 Å². The van der Waals surface area contributed by atoms with E-state index in [1.807, 2.05) is 4.90 Å². The summed E-state index contributed by atoms with van der Waals surface area (Å²) in [6, 6.07) is 0.616. The summed E-state index contributed by atoms with van der Waals surface area (Å²) in [6.45, 7) is 13.3. The zero-order valence-corrected chi connectivity index (χ0v) is 14.9. The molecule has 128 valence electrons. The molecule has 0 aromatic carbocycles. The number of hydrogen-bond acceptors (Lipinski definition) is 3. The van der Waals surface area contributed by atoms with Crippen LogP contribution in [0.25, 0.3) is 0 Å². The van der Waals surface area contributed by atoms with E-state index in [-0.39, 0.29) is 18.6 Å². The second kappa shape index (κ2) is 8.30. The van der Waals surface area contributed by atoms with E-state index in [9.17, 15) is 4.79 Å². The molecule has 0 aromatic rings. The molecule has 0 aromatic heterocycles. The Hall–Kier alpha value is -0.610. The molecule has 1 amide bonds. The van der Waals surface area contributed by atoms with Crippen molar-refractivity contribution in [3.8, 4) is 0 Å². The molecular formula is C18H34N2O2. The lowest BCUT2D eigenvalue weighted by molar-refractivity contribution is -0.140. The quantitative estimate of drug-likeness (QED) is 0.783. The smallest absolute Gasteiger partial charge is 0.248 e. The first kappa shape index (κ1) is 17.7. The van der Waals surface area contributed by atoms with Crippen LogP contribution in [0.5, 0.6) is 0 Å². The average molecular weight is 310 g/mol. The number of carbonyl (C=O) groups is 1. The number of hydrogen-bond donors (Lipinski definition) is 0. The van der Waals surface area contributed by atoms with Crippen molar-refractivity contribution in [1.82, 2.24) is 9.80 Å². The fourth-order valence-corrected chi connectivity index (χ4v) is 3.65. The standard InChI is InChI=1S/C18H34N2O2/c1-14(2)16-5-9-20(10-6-16)18(21)13-22-17-7-11-19(12-8-17)15(3)4/h14-17H,5-13H2,1-4H3. The van der Waals surface area contributed by atoms with Crippen LogP contribution in [-0.4, -0.2) is 60.6 Å². The highest BCUT2D eigenvalue weighted by Gasteiger charge is 2.26.